The van der Waals surface area contributed by atoms with Crippen molar-refractivity contribution in [3.63, 3.8) is 0 Å². The number of aryl methyl sites for hydroxylation is 2. The van der Waals surface area contributed by atoms with Gasteiger partial charge in [-0.2, -0.15) is 0 Å². The van der Waals surface area contributed by atoms with Gasteiger partial charge in [0.1, 0.15) is 12.4 Å². The largest absolute Gasteiger partial charge is 0.388 e. The highest BCUT2D eigenvalue weighted by atomic mass is 19.1. The monoisotopic (exact) mass is 402 g/mol. The van der Waals surface area contributed by atoms with Crippen molar-refractivity contribution in [2.24, 2.45) is 0 Å². The van der Waals surface area contributed by atoms with Gasteiger partial charge in [-0.05, 0) is 53.4 Å². The molecule has 0 radical (unpaired) electrons. The van der Waals surface area contributed by atoms with Crippen LogP contribution in [0.15, 0.2) is 77.9 Å². The first-order valence-corrected chi connectivity index (χ1v) is 9.53. The molecule has 0 aliphatic carbocycles. The second-order valence-corrected chi connectivity index (χ2v) is 7.01. The molecule has 1 N–H and O–H groups in total. The molecule has 0 saturated carbocycles. The van der Waals surface area contributed by atoms with Crippen LogP contribution in [-0.2, 0) is 13.0 Å². The molecule has 3 aromatic carbocycles. The van der Waals surface area contributed by atoms with E-state index in [-0.39, 0.29) is 16.9 Å². The Morgan fingerprint density at radius 1 is 1.00 bits per heavy atom. The fourth-order valence-electron chi connectivity index (χ4n) is 3.38. The zero-order valence-corrected chi connectivity index (χ0v) is 16.1. The third kappa shape index (κ3) is 4.04. The molecule has 0 aliphatic heterocycles. The van der Waals surface area contributed by atoms with E-state index in [4.69, 9.17) is 5.11 Å². The molecule has 0 amide bonds. The number of halogens is 1. The first-order chi connectivity index (χ1) is 14.5. The normalized spacial score (nSPS) is 11.0. The number of hydrogen-bond donors (Lipinski definition) is 1. The molecule has 6 heteroatoms. The molecular formula is C24H19FN2O3. The van der Waals surface area contributed by atoms with E-state index < -0.39 is 12.4 Å². The maximum absolute atomic E-state index is 13.2. The average Bonchev–Trinajstić information content (AvgIpc) is 2.78. The number of ketones is 1. The maximum Gasteiger partial charge on any atom is 0.261 e. The molecule has 1 heterocycles. The van der Waals surface area contributed by atoms with Crippen LogP contribution in [0.5, 0.6) is 0 Å². The molecule has 0 fully saturated rings. The minimum atomic E-state index is -0.607. The predicted molar refractivity (Wildman–Crippen MR) is 113 cm³/mol. The van der Waals surface area contributed by atoms with Crippen molar-refractivity contribution in [1.82, 2.24) is 9.55 Å². The van der Waals surface area contributed by atoms with Gasteiger partial charge >= 0.3 is 0 Å². The summed E-state index contributed by atoms with van der Waals surface area (Å²) in [5, 5.41) is 9.39. The van der Waals surface area contributed by atoms with Crippen LogP contribution in [0.4, 0.5) is 4.39 Å². The summed E-state index contributed by atoms with van der Waals surface area (Å²) in [5.74, 6) is -0.716. The minimum Gasteiger partial charge on any atom is -0.388 e. The molecule has 0 atom stereocenters. The van der Waals surface area contributed by atoms with E-state index in [1.807, 2.05) is 24.3 Å². The number of aliphatic hydroxyl groups excluding tert-OH is 1. The van der Waals surface area contributed by atoms with Crippen molar-refractivity contribution >= 4 is 16.7 Å². The maximum atomic E-state index is 13.2. The van der Waals surface area contributed by atoms with Gasteiger partial charge in [0.2, 0.25) is 0 Å². The van der Waals surface area contributed by atoms with Crippen LogP contribution >= 0.6 is 0 Å². The molecule has 30 heavy (non-hydrogen) atoms. The van der Waals surface area contributed by atoms with E-state index in [1.54, 1.807) is 24.3 Å². The van der Waals surface area contributed by atoms with Crippen molar-refractivity contribution in [2.45, 2.75) is 13.0 Å². The molecule has 0 spiro atoms. The van der Waals surface area contributed by atoms with Gasteiger partial charge in [0.15, 0.2) is 5.78 Å². The quantitative estimate of drug-likeness (QED) is 0.500. The molecular weight excluding hydrogens is 383 g/mol. The van der Waals surface area contributed by atoms with Crippen LogP contribution in [-0.4, -0.2) is 27.0 Å². The molecule has 5 nitrogen and oxygen atoms in total. The van der Waals surface area contributed by atoms with Gasteiger partial charge < -0.3 is 5.11 Å². The number of nitrogens with zero attached hydrogens (tertiary/aromatic N) is 2. The summed E-state index contributed by atoms with van der Waals surface area (Å²) in [7, 11) is 0. The summed E-state index contributed by atoms with van der Waals surface area (Å²) in [5.41, 5.74) is 3.49. The number of benzene rings is 3. The summed E-state index contributed by atoms with van der Waals surface area (Å²) < 4.78 is 14.7. The van der Waals surface area contributed by atoms with Crippen molar-refractivity contribution in [1.29, 1.82) is 0 Å². The van der Waals surface area contributed by atoms with Gasteiger partial charge in [0, 0.05) is 12.1 Å². The Morgan fingerprint density at radius 2 is 1.80 bits per heavy atom. The highest BCUT2D eigenvalue weighted by Crippen LogP contribution is 2.21. The predicted octanol–water partition coefficient (Wildman–Crippen LogP) is 3.62. The van der Waals surface area contributed by atoms with Gasteiger partial charge in [-0.15, -0.1) is 0 Å². The van der Waals surface area contributed by atoms with Crippen molar-refractivity contribution in [3.8, 4) is 11.1 Å². The highest BCUT2D eigenvalue weighted by Gasteiger charge is 2.10. The van der Waals surface area contributed by atoms with E-state index >= 15 is 0 Å². The standard InChI is InChI=1S/C24H19FN2O3/c25-20-7-4-17(5-8-20)18-3-1-2-16(12-18)10-11-27-15-26-22-9-6-19(23(29)14-28)13-21(22)24(27)30/h1-9,12-13,15,28H,10-11,14H2. The number of fused-ring (bicyclic) bond motifs is 1. The lowest BCUT2D eigenvalue weighted by molar-refractivity contribution is 0.0904. The zero-order valence-electron chi connectivity index (χ0n) is 16.1. The lowest BCUT2D eigenvalue weighted by Crippen LogP contribution is -2.22. The first-order valence-electron chi connectivity index (χ1n) is 9.53. The summed E-state index contributed by atoms with van der Waals surface area (Å²) in [4.78, 5) is 28.9. The van der Waals surface area contributed by atoms with E-state index in [0.29, 0.717) is 23.9 Å². The fraction of sp³-hybridized carbons (Fsp3) is 0.125. The Bertz CT molecular complexity index is 1280. The third-order valence-corrected chi connectivity index (χ3v) is 5.04. The Kier molecular flexibility index (Phi) is 5.50. The number of hydrogen-bond acceptors (Lipinski definition) is 4. The number of Topliss-reactive ketones (excluding diaryl/α,β-unsaturated/α-hetero) is 1. The lowest BCUT2D eigenvalue weighted by atomic mass is 10.0. The summed E-state index contributed by atoms with van der Waals surface area (Å²) in [6.07, 6.45) is 2.11. The fourth-order valence-corrected chi connectivity index (χ4v) is 3.38. The summed E-state index contributed by atoms with van der Waals surface area (Å²) in [6.45, 7) is -0.183. The van der Waals surface area contributed by atoms with E-state index in [9.17, 15) is 14.0 Å². The SMILES string of the molecule is O=C(CO)c1ccc2ncn(CCc3cccc(-c4ccc(F)cc4)c3)c(=O)c2c1. The van der Waals surface area contributed by atoms with Crippen LogP contribution in [0.1, 0.15) is 15.9 Å². The topological polar surface area (TPSA) is 72.2 Å². The molecule has 4 aromatic rings. The minimum absolute atomic E-state index is 0.234. The third-order valence-electron chi connectivity index (χ3n) is 5.04. The molecule has 1 aromatic heterocycles. The molecule has 0 bridgehead atoms. The molecule has 0 unspecified atom stereocenters. The van der Waals surface area contributed by atoms with E-state index in [1.165, 1.54) is 29.1 Å². The summed E-state index contributed by atoms with van der Waals surface area (Å²) in [6, 6.07) is 18.9. The zero-order chi connectivity index (χ0) is 21.1. The van der Waals surface area contributed by atoms with Crippen LogP contribution in [0.3, 0.4) is 0 Å². The number of carbonyl (C=O) groups excluding carboxylic acids is 1. The number of aromatic nitrogens is 2. The Labute approximate surface area is 172 Å². The Morgan fingerprint density at radius 3 is 2.57 bits per heavy atom. The molecule has 4 rings (SSSR count). The van der Waals surface area contributed by atoms with E-state index in [2.05, 4.69) is 4.98 Å². The van der Waals surface area contributed by atoms with Crippen LogP contribution in [0, 0.1) is 5.82 Å². The van der Waals surface area contributed by atoms with Gasteiger partial charge in [0.25, 0.3) is 5.56 Å². The second-order valence-electron chi connectivity index (χ2n) is 7.01. The van der Waals surface area contributed by atoms with Gasteiger partial charge in [-0.25, -0.2) is 9.37 Å². The number of carbonyl (C=O) groups is 1. The van der Waals surface area contributed by atoms with Gasteiger partial charge in [-0.3, -0.25) is 14.2 Å². The first kappa shape index (κ1) is 19.7. The lowest BCUT2D eigenvalue weighted by Gasteiger charge is -2.09. The van der Waals surface area contributed by atoms with Gasteiger partial charge in [-0.1, -0.05) is 36.4 Å². The van der Waals surface area contributed by atoms with Crippen LogP contribution < -0.4 is 5.56 Å². The summed E-state index contributed by atoms with van der Waals surface area (Å²) >= 11 is 0. The van der Waals surface area contributed by atoms with Crippen LogP contribution in [0.2, 0.25) is 0 Å². The molecule has 0 aliphatic rings. The Balaban J connectivity index is 1.58. The van der Waals surface area contributed by atoms with Crippen molar-refractivity contribution in [3.05, 3.63) is 100 Å². The number of rotatable bonds is 6. The molecule has 0 saturated heterocycles. The van der Waals surface area contributed by atoms with Crippen molar-refractivity contribution < 1.29 is 14.3 Å². The average molecular weight is 402 g/mol. The van der Waals surface area contributed by atoms with Gasteiger partial charge in [0.05, 0.1) is 17.2 Å². The van der Waals surface area contributed by atoms with Crippen molar-refractivity contribution in [2.75, 3.05) is 6.61 Å². The van der Waals surface area contributed by atoms with Crippen LogP contribution in [0.25, 0.3) is 22.0 Å². The smallest absolute Gasteiger partial charge is 0.261 e. The second kappa shape index (κ2) is 8.39. The number of aliphatic hydroxyl groups is 1. The Hall–Kier alpha value is -3.64. The molecule has 150 valence electrons. The highest BCUT2D eigenvalue weighted by molar-refractivity contribution is 5.99. The van der Waals surface area contributed by atoms with E-state index in [0.717, 1.165) is 16.7 Å².